The number of piperidine rings is 1. The van der Waals surface area contributed by atoms with E-state index in [4.69, 9.17) is 5.11 Å². The van der Waals surface area contributed by atoms with Crippen molar-refractivity contribution in [1.29, 1.82) is 0 Å². The molecule has 1 fully saturated rings. The Labute approximate surface area is 90.3 Å². The molecule has 1 heterocycles. The number of carboxylic acids is 1. The van der Waals surface area contributed by atoms with E-state index in [1.54, 1.807) is 0 Å². The van der Waals surface area contributed by atoms with Gasteiger partial charge in [0.15, 0.2) is 0 Å². The van der Waals surface area contributed by atoms with Crippen LogP contribution in [0.1, 0.15) is 32.6 Å². The molecule has 15 heavy (non-hydrogen) atoms. The number of hydrogen-bond acceptors (Lipinski definition) is 3. The molecule has 1 saturated heterocycles. The first-order valence-electron chi connectivity index (χ1n) is 5.60. The summed E-state index contributed by atoms with van der Waals surface area (Å²) in [5, 5.41) is 8.51. The van der Waals surface area contributed by atoms with Crippen molar-refractivity contribution >= 4 is 11.8 Å². The highest BCUT2D eigenvalue weighted by Gasteiger charge is 2.25. The molecule has 0 aromatic heterocycles. The van der Waals surface area contributed by atoms with E-state index < -0.39 is 5.97 Å². The number of nitrogens with zero attached hydrogens (tertiary/aromatic N) is 1. The van der Waals surface area contributed by atoms with E-state index in [0.29, 0.717) is 18.6 Å². The normalized spacial score (nSPS) is 23.0. The van der Waals surface area contributed by atoms with Crippen LogP contribution in [0.4, 0.5) is 0 Å². The number of Topliss-reactive ketones (excluding diaryl/α,β-unsaturated/α-hetero) is 1. The van der Waals surface area contributed by atoms with Crippen LogP contribution in [-0.4, -0.2) is 41.4 Å². The molecule has 1 unspecified atom stereocenters. The maximum Gasteiger partial charge on any atom is 0.303 e. The van der Waals surface area contributed by atoms with E-state index in [9.17, 15) is 9.59 Å². The van der Waals surface area contributed by atoms with Crippen LogP contribution in [0.15, 0.2) is 0 Å². The van der Waals surface area contributed by atoms with Crippen molar-refractivity contribution in [2.75, 3.05) is 19.6 Å². The van der Waals surface area contributed by atoms with E-state index in [0.717, 1.165) is 26.1 Å². The Kier molecular flexibility index (Phi) is 4.75. The minimum Gasteiger partial charge on any atom is -0.481 e. The van der Waals surface area contributed by atoms with Crippen LogP contribution in [0.25, 0.3) is 0 Å². The Morgan fingerprint density at radius 2 is 2.33 bits per heavy atom. The summed E-state index contributed by atoms with van der Waals surface area (Å²) in [4.78, 5) is 24.0. The van der Waals surface area contributed by atoms with E-state index in [1.807, 2.05) is 6.92 Å². The second-order valence-electron chi connectivity index (χ2n) is 4.12. The van der Waals surface area contributed by atoms with Gasteiger partial charge >= 0.3 is 5.97 Å². The van der Waals surface area contributed by atoms with Gasteiger partial charge in [-0.3, -0.25) is 9.59 Å². The van der Waals surface area contributed by atoms with Crippen molar-refractivity contribution in [2.45, 2.75) is 32.6 Å². The van der Waals surface area contributed by atoms with Crippen LogP contribution in [0.2, 0.25) is 0 Å². The monoisotopic (exact) mass is 213 g/mol. The predicted octanol–water partition coefficient (Wildman–Crippen LogP) is 1.15. The molecule has 4 heteroatoms. The number of aliphatic carboxylic acids is 1. The summed E-state index contributed by atoms with van der Waals surface area (Å²) in [6.07, 6.45) is 2.43. The molecule has 1 N–H and O–H groups in total. The molecule has 0 radical (unpaired) electrons. The lowest BCUT2D eigenvalue weighted by molar-refractivity contribution is -0.137. The molecule has 1 rings (SSSR count). The molecule has 1 aliphatic rings. The summed E-state index contributed by atoms with van der Waals surface area (Å²) < 4.78 is 0. The summed E-state index contributed by atoms with van der Waals surface area (Å²) in [6, 6.07) is 0. The number of likely N-dealkylation sites (tertiary alicyclic amines) is 1. The van der Waals surface area contributed by atoms with Gasteiger partial charge in [0.2, 0.25) is 0 Å². The Morgan fingerprint density at radius 3 is 2.93 bits per heavy atom. The second kappa shape index (κ2) is 5.85. The third-order valence-electron chi connectivity index (χ3n) is 2.97. The van der Waals surface area contributed by atoms with Crippen molar-refractivity contribution < 1.29 is 14.7 Å². The smallest absolute Gasteiger partial charge is 0.303 e. The van der Waals surface area contributed by atoms with E-state index in [2.05, 4.69) is 4.90 Å². The van der Waals surface area contributed by atoms with Gasteiger partial charge in [-0.15, -0.1) is 0 Å². The molecule has 1 atom stereocenters. The number of carboxylic acid groups (broad SMARTS) is 1. The Morgan fingerprint density at radius 1 is 1.60 bits per heavy atom. The molecular weight excluding hydrogens is 194 g/mol. The van der Waals surface area contributed by atoms with Gasteiger partial charge in [0.25, 0.3) is 0 Å². The van der Waals surface area contributed by atoms with Gasteiger partial charge in [0, 0.05) is 31.8 Å². The Balaban J connectivity index is 2.26. The minimum absolute atomic E-state index is 0.170. The first-order valence-corrected chi connectivity index (χ1v) is 5.60. The topological polar surface area (TPSA) is 57.6 Å². The molecule has 0 amide bonds. The SMILES string of the molecule is CCC1CN(CCCC(=O)O)CCC1=O. The van der Waals surface area contributed by atoms with E-state index >= 15 is 0 Å². The zero-order valence-corrected chi connectivity index (χ0v) is 9.24. The van der Waals surface area contributed by atoms with Gasteiger partial charge in [-0.2, -0.15) is 0 Å². The molecule has 86 valence electrons. The summed E-state index contributed by atoms with van der Waals surface area (Å²) >= 11 is 0. The maximum atomic E-state index is 11.4. The first kappa shape index (κ1) is 12.2. The summed E-state index contributed by atoms with van der Waals surface area (Å²) in [7, 11) is 0. The highest BCUT2D eigenvalue weighted by molar-refractivity contribution is 5.82. The lowest BCUT2D eigenvalue weighted by atomic mass is 9.94. The molecule has 0 bridgehead atoms. The minimum atomic E-state index is -0.741. The maximum absolute atomic E-state index is 11.4. The van der Waals surface area contributed by atoms with Crippen molar-refractivity contribution in [3.63, 3.8) is 0 Å². The second-order valence-corrected chi connectivity index (χ2v) is 4.12. The molecule has 0 aromatic carbocycles. The standard InChI is InChI=1S/C11H19NO3/c1-2-9-8-12(7-5-10(9)13)6-3-4-11(14)15/h9H,2-8H2,1H3,(H,14,15). The number of carbonyl (C=O) groups is 2. The molecule has 4 nitrogen and oxygen atoms in total. The molecular formula is C11H19NO3. The van der Waals surface area contributed by atoms with Gasteiger partial charge in [-0.05, 0) is 19.4 Å². The van der Waals surface area contributed by atoms with Crippen molar-refractivity contribution in [3.8, 4) is 0 Å². The third kappa shape index (κ3) is 4.00. The predicted molar refractivity (Wildman–Crippen MR) is 56.7 cm³/mol. The molecule has 0 aromatic rings. The fourth-order valence-electron chi connectivity index (χ4n) is 1.99. The van der Waals surface area contributed by atoms with Crippen LogP contribution in [-0.2, 0) is 9.59 Å². The molecule has 1 aliphatic heterocycles. The van der Waals surface area contributed by atoms with Gasteiger partial charge < -0.3 is 10.0 Å². The average molecular weight is 213 g/mol. The zero-order valence-electron chi connectivity index (χ0n) is 9.24. The number of rotatable bonds is 5. The lowest BCUT2D eigenvalue weighted by Gasteiger charge is -2.31. The fraction of sp³-hybridized carbons (Fsp3) is 0.818. The number of ketones is 1. The molecule has 0 spiro atoms. The molecule has 0 saturated carbocycles. The average Bonchev–Trinajstić information content (AvgIpc) is 2.20. The van der Waals surface area contributed by atoms with Gasteiger partial charge in [-0.25, -0.2) is 0 Å². The van der Waals surface area contributed by atoms with E-state index in [-0.39, 0.29) is 12.3 Å². The van der Waals surface area contributed by atoms with Gasteiger partial charge in [0.1, 0.15) is 5.78 Å². The highest BCUT2D eigenvalue weighted by atomic mass is 16.4. The number of hydrogen-bond donors (Lipinski definition) is 1. The van der Waals surface area contributed by atoms with E-state index in [1.165, 1.54) is 0 Å². The summed E-state index contributed by atoms with van der Waals surface area (Å²) in [5.74, 6) is -0.203. The summed E-state index contributed by atoms with van der Waals surface area (Å²) in [5.41, 5.74) is 0. The quantitative estimate of drug-likeness (QED) is 0.744. The number of carbonyl (C=O) groups excluding carboxylic acids is 1. The Bertz CT molecular complexity index is 240. The zero-order chi connectivity index (χ0) is 11.3. The van der Waals surface area contributed by atoms with Crippen LogP contribution >= 0.6 is 0 Å². The van der Waals surface area contributed by atoms with Gasteiger partial charge in [-0.1, -0.05) is 6.92 Å². The van der Waals surface area contributed by atoms with Crippen LogP contribution in [0, 0.1) is 5.92 Å². The molecule has 0 aliphatic carbocycles. The van der Waals surface area contributed by atoms with Crippen molar-refractivity contribution in [1.82, 2.24) is 4.90 Å². The van der Waals surface area contributed by atoms with Gasteiger partial charge in [0.05, 0.1) is 0 Å². The third-order valence-corrected chi connectivity index (χ3v) is 2.97. The summed E-state index contributed by atoms with van der Waals surface area (Å²) in [6.45, 7) is 4.45. The highest BCUT2D eigenvalue weighted by Crippen LogP contribution is 2.16. The van der Waals surface area contributed by atoms with Crippen molar-refractivity contribution in [2.24, 2.45) is 5.92 Å². The van der Waals surface area contributed by atoms with Crippen LogP contribution in [0.3, 0.4) is 0 Å². The fourth-order valence-corrected chi connectivity index (χ4v) is 1.99. The first-order chi connectivity index (χ1) is 7.13. The Hall–Kier alpha value is -0.900. The lowest BCUT2D eigenvalue weighted by Crippen LogP contribution is -2.41. The largest absolute Gasteiger partial charge is 0.481 e. The van der Waals surface area contributed by atoms with Crippen molar-refractivity contribution in [3.05, 3.63) is 0 Å². The van der Waals surface area contributed by atoms with Crippen LogP contribution < -0.4 is 0 Å². The van der Waals surface area contributed by atoms with Crippen LogP contribution in [0.5, 0.6) is 0 Å².